The van der Waals surface area contributed by atoms with Crippen molar-refractivity contribution in [3.05, 3.63) is 58.2 Å². The molecule has 0 bridgehead atoms. The highest BCUT2D eigenvalue weighted by atomic mass is 35.5. The van der Waals surface area contributed by atoms with E-state index in [1.165, 1.54) is 0 Å². The Bertz CT molecular complexity index is 813. The van der Waals surface area contributed by atoms with E-state index in [9.17, 15) is 0 Å². The highest BCUT2D eigenvalue weighted by Gasteiger charge is 2.13. The van der Waals surface area contributed by atoms with Gasteiger partial charge < -0.3 is 5.73 Å². The molecule has 100 valence electrons. The molecule has 2 N–H and O–H groups in total. The average Bonchev–Trinajstić information content (AvgIpc) is 2.39. The smallest absolute Gasteiger partial charge is 0.0740 e. The third-order valence-corrected chi connectivity index (χ3v) is 3.85. The van der Waals surface area contributed by atoms with Crippen LogP contribution < -0.4 is 5.73 Å². The summed E-state index contributed by atoms with van der Waals surface area (Å²) in [6.07, 6.45) is 1.67. The number of anilines is 1. The number of nitrogens with zero attached hydrogens (tertiary/aromatic N) is 1. The number of aromatic nitrogens is 1. The lowest BCUT2D eigenvalue weighted by molar-refractivity contribution is 1.37. The second-order valence-electron chi connectivity index (χ2n) is 4.69. The molecule has 4 heteroatoms. The maximum Gasteiger partial charge on any atom is 0.0740 e. The Kier molecular flexibility index (Phi) is 3.28. The van der Waals surface area contributed by atoms with E-state index in [0.29, 0.717) is 15.7 Å². The normalized spacial score (nSPS) is 10.9. The molecule has 1 aromatic heterocycles. The fourth-order valence-corrected chi connectivity index (χ4v) is 2.92. The third-order valence-electron chi connectivity index (χ3n) is 3.30. The van der Waals surface area contributed by atoms with E-state index in [0.717, 1.165) is 27.6 Å². The van der Waals surface area contributed by atoms with Crippen LogP contribution in [0, 0.1) is 6.92 Å². The predicted octanol–water partition coefficient (Wildman–Crippen LogP) is 5.10. The minimum absolute atomic E-state index is 0.590. The molecule has 0 saturated heterocycles. The molecule has 3 rings (SSSR count). The molecule has 0 spiro atoms. The molecule has 2 nitrogen and oxygen atoms in total. The van der Waals surface area contributed by atoms with Gasteiger partial charge in [0.05, 0.1) is 17.4 Å². The van der Waals surface area contributed by atoms with Crippen LogP contribution in [0.5, 0.6) is 0 Å². The Labute approximate surface area is 127 Å². The molecular formula is C16H12Cl2N2. The second kappa shape index (κ2) is 4.97. The predicted molar refractivity (Wildman–Crippen MR) is 86.3 cm³/mol. The van der Waals surface area contributed by atoms with Crippen molar-refractivity contribution in [2.45, 2.75) is 6.92 Å². The Balaban J connectivity index is 2.46. The molecule has 1 heterocycles. The van der Waals surface area contributed by atoms with Crippen LogP contribution in [0.25, 0.3) is 22.0 Å². The summed E-state index contributed by atoms with van der Waals surface area (Å²) in [7, 11) is 0. The van der Waals surface area contributed by atoms with E-state index in [1.54, 1.807) is 6.20 Å². The maximum absolute atomic E-state index is 6.30. The van der Waals surface area contributed by atoms with Crippen LogP contribution in [0.1, 0.15) is 5.56 Å². The first kappa shape index (κ1) is 13.2. The van der Waals surface area contributed by atoms with E-state index < -0.39 is 0 Å². The number of aryl methyl sites for hydroxylation is 1. The van der Waals surface area contributed by atoms with Gasteiger partial charge in [-0.1, -0.05) is 41.4 Å². The van der Waals surface area contributed by atoms with Gasteiger partial charge in [0.1, 0.15) is 0 Å². The minimum Gasteiger partial charge on any atom is -0.397 e. The molecule has 0 aliphatic rings. The summed E-state index contributed by atoms with van der Waals surface area (Å²) in [4.78, 5) is 4.41. The molecule has 3 aromatic rings. The largest absolute Gasteiger partial charge is 0.397 e. The third kappa shape index (κ3) is 2.11. The highest BCUT2D eigenvalue weighted by Crippen LogP contribution is 2.38. The average molecular weight is 303 g/mol. The number of fused-ring (bicyclic) bond motifs is 1. The monoisotopic (exact) mass is 302 g/mol. The van der Waals surface area contributed by atoms with Gasteiger partial charge in [0, 0.05) is 26.6 Å². The number of nitrogens with two attached hydrogens (primary N) is 1. The zero-order valence-electron chi connectivity index (χ0n) is 10.8. The second-order valence-corrected chi connectivity index (χ2v) is 5.53. The summed E-state index contributed by atoms with van der Waals surface area (Å²) < 4.78 is 0. The van der Waals surface area contributed by atoms with E-state index in [1.807, 2.05) is 43.3 Å². The van der Waals surface area contributed by atoms with Crippen molar-refractivity contribution < 1.29 is 0 Å². The van der Waals surface area contributed by atoms with Gasteiger partial charge in [0.2, 0.25) is 0 Å². The van der Waals surface area contributed by atoms with Crippen molar-refractivity contribution in [1.29, 1.82) is 0 Å². The number of benzene rings is 2. The van der Waals surface area contributed by atoms with E-state index in [-0.39, 0.29) is 0 Å². The Morgan fingerprint density at radius 3 is 2.60 bits per heavy atom. The summed E-state index contributed by atoms with van der Waals surface area (Å²) in [5.41, 5.74) is 10.4. The Hall–Kier alpha value is -1.77. The molecule has 20 heavy (non-hydrogen) atoms. The first-order valence-corrected chi connectivity index (χ1v) is 6.93. The molecular weight excluding hydrogens is 291 g/mol. The van der Waals surface area contributed by atoms with Crippen molar-refractivity contribution in [3.8, 4) is 11.1 Å². The van der Waals surface area contributed by atoms with Crippen molar-refractivity contribution in [2.75, 3.05) is 5.73 Å². The SMILES string of the molecule is Cc1cc(Cl)cc2c(-c3ccccc3Cl)c(N)cnc12. The van der Waals surface area contributed by atoms with Crippen LogP contribution in [0.4, 0.5) is 5.69 Å². The lowest BCUT2D eigenvalue weighted by atomic mass is 9.98. The highest BCUT2D eigenvalue weighted by molar-refractivity contribution is 6.34. The number of hydrogen-bond donors (Lipinski definition) is 1. The summed E-state index contributed by atoms with van der Waals surface area (Å²) in [5, 5.41) is 2.24. The van der Waals surface area contributed by atoms with Crippen molar-refractivity contribution >= 4 is 39.8 Å². The minimum atomic E-state index is 0.590. The van der Waals surface area contributed by atoms with E-state index >= 15 is 0 Å². The molecule has 0 aliphatic heterocycles. The molecule has 0 atom stereocenters. The number of halogens is 2. The van der Waals surface area contributed by atoms with Crippen molar-refractivity contribution in [2.24, 2.45) is 0 Å². The van der Waals surface area contributed by atoms with Gasteiger partial charge in [-0.3, -0.25) is 4.98 Å². The van der Waals surface area contributed by atoms with Crippen LogP contribution in [0.2, 0.25) is 10.0 Å². The van der Waals surface area contributed by atoms with Gasteiger partial charge in [-0.2, -0.15) is 0 Å². The molecule has 0 amide bonds. The zero-order valence-corrected chi connectivity index (χ0v) is 12.3. The summed E-state index contributed by atoms with van der Waals surface area (Å²) in [6, 6.07) is 11.4. The Morgan fingerprint density at radius 1 is 1.10 bits per heavy atom. The first-order chi connectivity index (χ1) is 9.58. The quantitative estimate of drug-likeness (QED) is 0.679. The van der Waals surface area contributed by atoms with Crippen LogP contribution in [-0.4, -0.2) is 4.98 Å². The molecule has 0 saturated carbocycles. The van der Waals surface area contributed by atoms with Gasteiger partial charge in [-0.05, 0) is 30.7 Å². The number of nitrogen functional groups attached to an aromatic ring is 1. The molecule has 0 aliphatic carbocycles. The zero-order chi connectivity index (χ0) is 14.3. The standard InChI is InChI=1S/C16H12Cl2N2/c1-9-6-10(17)7-12-15(14(19)8-20-16(9)12)11-4-2-3-5-13(11)18/h2-8H,19H2,1H3. The summed E-state index contributed by atoms with van der Waals surface area (Å²) >= 11 is 12.5. The number of rotatable bonds is 1. The lowest BCUT2D eigenvalue weighted by Crippen LogP contribution is -1.95. The van der Waals surface area contributed by atoms with Gasteiger partial charge in [0.25, 0.3) is 0 Å². The van der Waals surface area contributed by atoms with E-state index in [4.69, 9.17) is 28.9 Å². The molecule has 0 radical (unpaired) electrons. The van der Waals surface area contributed by atoms with E-state index in [2.05, 4.69) is 4.98 Å². The maximum atomic E-state index is 6.30. The van der Waals surface area contributed by atoms with Gasteiger partial charge in [-0.25, -0.2) is 0 Å². The first-order valence-electron chi connectivity index (χ1n) is 6.17. The number of pyridine rings is 1. The Morgan fingerprint density at radius 2 is 1.85 bits per heavy atom. The summed E-state index contributed by atoms with van der Waals surface area (Å²) in [6.45, 7) is 1.98. The van der Waals surface area contributed by atoms with Crippen LogP contribution in [0.15, 0.2) is 42.6 Å². The van der Waals surface area contributed by atoms with Crippen LogP contribution in [0.3, 0.4) is 0 Å². The summed E-state index contributed by atoms with van der Waals surface area (Å²) in [5.74, 6) is 0. The number of hydrogen-bond acceptors (Lipinski definition) is 2. The van der Waals surface area contributed by atoms with Crippen molar-refractivity contribution in [3.63, 3.8) is 0 Å². The molecule has 0 unspecified atom stereocenters. The van der Waals surface area contributed by atoms with Gasteiger partial charge >= 0.3 is 0 Å². The fourth-order valence-electron chi connectivity index (χ4n) is 2.42. The molecule has 2 aromatic carbocycles. The van der Waals surface area contributed by atoms with Crippen LogP contribution >= 0.6 is 23.2 Å². The molecule has 0 fully saturated rings. The van der Waals surface area contributed by atoms with Crippen LogP contribution in [-0.2, 0) is 0 Å². The van der Waals surface area contributed by atoms with Crippen molar-refractivity contribution in [1.82, 2.24) is 4.98 Å². The van der Waals surface area contributed by atoms with Gasteiger partial charge in [0.15, 0.2) is 0 Å². The topological polar surface area (TPSA) is 38.9 Å². The fraction of sp³-hybridized carbons (Fsp3) is 0.0625. The van der Waals surface area contributed by atoms with Gasteiger partial charge in [-0.15, -0.1) is 0 Å². The lowest BCUT2D eigenvalue weighted by Gasteiger charge is -2.13.